The lowest BCUT2D eigenvalue weighted by atomic mass is 9.75. The summed E-state index contributed by atoms with van der Waals surface area (Å²) in [5.41, 5.74) is 4.43. The van der Waals surface area contributed by atoms with Crippen LogP contribution in [0.25, 0.3) is 0 Å². The van der Waals surface area contributed by atoms with Gasteiger partial charge in [0.05, 0.1) is 20.7 Å². The summed E-state index contributed by atoms with van der Waals surface area (Å²) in [5, 5.41) is 31.8. The van der Waals surface area contributed by atoms with Gasteiger partial charge in [-0.3, -0.25) is 30.3 Å². The summed E-state index contributed by atoms with van der Waals surface area (Å²) in [5.74, 6) is 0.976. The first kappa shape index (κ1) is 41.9. The van der Waals surface area contributed by atoms with Gasteiger partial charge in [-0.2, -0.15) is 13.2 Å². The maximum atomic E-state index is 12.7. The number of piperidine rings is 2. The Kier molecular flexibility index (Phi) is 13.8. The monoisotopic (exact) mass is 802 g/mol. The number of rotatable bonds is 7. The van der Waals surface area contributed by atoms with Crippen LogP contribution in [0.15, 0.2) is 103 Å². The van der Waals surface area contributed by atoms with E-state index in [2.05, 4.69) is 34.1 Å². The lowest BCUT2D eigenvalue weighted by Crippen LogP contribution is -2.41. The largest absolute Gasteiger partial charge is 0.393 e. The van der Waals surface area contributed by atoms with Crippen molar-refractivity contribution in [2.75, 3.05) is 54.0 Å². The molecule has 4 aromatic carbocycles. The highest BCUT2D eigenvalue weighted by Gasteiger charge is 2.42. The molecule has 4 aliphatic rings. The molecule has 58 heavy (non-hydrogen) atoms. The Hall–Kier alpha value is -5.73. The van der Waals surface area contributed by atoms with Crippen molar-refractivity contribution >= 4 is 34.1 Å². The first-order chi connectivity index (χ1) is 27.9. The Morgan fingerprint density at radius 3 is 1.41 bits per heavy atom. The smallest absolute Gasteiger partial charge is 0.371 e. The number of nitrogens with zero attached hydrogens (tertiary/aromatic N) is 6. The van der Waals surface area contributed by atoms with E-state index in [1.807, 2.05) is 30.3 Å². The van der Waals surface area contributed by atoms with Crippen molar-refractivity contribution in [2.45, 2.75) is 63.5 Å². The molecule has 0 radical (unpaired) electrons. The third kappa shape index (κ3) is 11.0. The number of nitro benzene ring substituents is 3. The van der Waals surface area contributed by atoms with Crippen LogP contribution in [0.2, 0.25) is 0 Å². The fourth-order valence-electron chi connectivity index (χ4n) is 8.66. The number of alkyl halides is 3. The van der Waals surface area contributed by atoms with E-state index in [0.29, 0.717) is 24.6 Å². The van der Waals surface area contributed by atoms with E-state index >= 15 is 0 Å². The molecule has 15 heteroatoms. The average Bonchev–Trinajstić information content (AvgIpc) is 3.75. The zero-order valence-electron chi connectivity index (χ0n) is 32.3. The Labute approximate surface area is 335 Å². The van der Waals surface area contributed by atoms with Crippen LogP contribution in [-0.2, 0) is 0 Å². The lowest BCUT2D eigenvalue weighted by molar-refractivity contribution is -0.385. The van der Waals surface area contributed by atoms with E-state index in [9.17, 15) is 43.5 Å². The van der Waals surface area contributed by atoms with Gasteiger partial charge in [0, 0.05) is 98.6 Å². The molecule has 1 aliphatic carbocycles. The summed E-state index contributed by atoms with van der Waals surface area (Å²) in [6.07, 6.45) is 4.37. The quantitative estimate of drug-likeness (QED) is 0.132. The van der Waals surface area contributed by atoms with Crippen molar-refractivity contribution in [3.63, 3.8) is 0 Å². The topological polar surface area (TPSA) is 139 Å². The van der Waals surface area contributed by atoms with Gasteiger partial charge in [-0.05, 0) is 85.9 Å². The number of anilines is 3. The highest BCUT2D eigenvalue weighted by molar-refractivity contribution is 5.53. The van der Waals surface area contributed by atoms with Gasteiger partial charge in [0.25, 0.3) is 17.1 Å². The van der Waals surface area contributed by atoms with Crippen LogP contribution in [-0.4, -0.2) is 60.2 Å². The van der Waals surface area contributed by atoms with E-state index in [1.165, 1.54) is 61.9 Å². The summed E-state index contributed by atoms with van der Waals surface area (Å²) in [6, 6.07) is 30.0. The van der Waals surface area contributed by atoms with Crippen LogP contribution in [0.1, 0.15) is 62.8 Å². The van der Waals surface area contributed by atoms with Crippen molar-refractivity contribution in [3.8, 4) is 0 Å². The predicted octanol–water partition coefficient (Wildman–Crippen LogP) is 10.6. The Bertz CT molecular complexity index is 1970. The molecule has 0 bridgehead atoms. The Morgan fingerprint density at radius 2 is 0.931 bits per heavy atom. The predicted molar refractivity (Wildman–Crippen MR) is 219 cm³/mol. The molecule has 0 aromatic heterocycles. The van der Waals surface area contributed by atoms with Gasteiger partial charge in [0.1, 0.15) is 0 Å². The second kappa shape index (κ2) is 19.1. The van der Waals surface area contributed by atoms with Crippen LogP contribution in [0, 0.1) is 48.1 Å². The van der Waals surface area contributed by atoms with Gasteiger partial charge >= 0.3 is 6.18 Å². The highest BCUT2D eigenvalue weighted by atomic mass is 19.4. The highest BCUT2D eigenvalue weighted by Crippen LogP contribution is 2.38. The van der Waals surface area contributed by atoms with E-state index in [1.54, 1.807) is 29.2 Å². The summed E-state index contributed by atoms with van der Waals surface area (Å²) in [4.78, 5) is 36.9. The third-order valence-electron chi connectivity index (χ3n) is 11.9. The number of benzene rings is 4. The molecule has 0 spiro atoms. The molecule has 308 valence electrons. The molecule has 3 aliphatic heterocycles. The minimum absolute atomic E-state index is 0.0619. The average molecular weight is 803 g/mol. The second-order valence-electron chi connectivity index (χ2n) is 15.5. The van der Waals surface area contributed by atoms with Crippen LogP contribution in [0.3, 0.4) is 0 Å². The maximum Gasteiger partial charge on any atom is 0.393 e. The number of non-ortho nitro benzene ring substituents is 3. The minimum Gasteiger partial charge on any atom is -0.371 e. The molecule has 0 N–H and O–H groups in total. The van der Waals surface area contributed by atoms with Crippen molar-refractivity contribution in [3.05, 3.63) is 139 Å². The van der Waals surface area contributed by atoms with Gasteiger partial charge in [0.2, 0.25) is 0 Å². The molecule has 8 rings (SSSR count). The van der Waals surface area contributed by atoms with Crippen molar-refractivity contribution < 1.29 is 27.9 Å². The summed E-state index contributed by atoms with van der Waals surface area (Å²) >= 11 is 0. The molecule has 3 saturated heterocycles. The first-order valence-electron chi connectivity index (χ1n) is 20.0. The molecule has 2 unspecified atom stereocenters. The van der Waals surface area contributed by atoms with Gasteiger partial charge in [-0.1, -0.05) is 49.6 Å². The molecule has 4 fully saturated rings. The SMILES string of the molecule is O=[N+]([O-])c1ccc(N2CCC(c3ccccc3)C2)cc1.O=[N+]([O-])c1ccc(N2CCCC(C(F)(F)F)C2)cc1.O=[N+]([O-])c1ccc(N2CC[C@H]3CCCC[C@H]3C2)cc1. The number of hydrogen-bond acceptors (Lipinski definition) is 9. The van der Waals surface area contributed by atoms with E-state index in [4.69, 9.17) is 0 Å². The zero-order chi connectivity index (χ0) is 41.2. The Morgan fingerprint density at radius 1 is 0.483 bits per heavy atom. The zero-order valence-corrected chi connectivity index (χ0v) is 32.3. The van der Waals surface area contributed by atoms with Crippen molar-refractivity contribution in [2.24, 2.45) is 17.8 Å². The molecule has 3 heterocycles. The third-order valence-corrected chi connectivity index (χ3v) is 11.9. The van der Waals surface area contributed by atoms with Crippen LogP contribution >= 0.6 is 0 Å². The van der Waals surface area contributed by atoms with Crippen LogP contribution < -0.4 is 14.7 Å². The number of hydrogen-bond donors (Lipinski definition) is 0. The molecule has 0 amide bonds. The number of halogens is 3. The molecule has 12 nitrogen and oxygen atoms in total. The molecular weight excluding hydrogens is 754 g/mol. The molecule has 4 aromatic rings. The van der Waals surface area contributed by atoms with Gasteiger partial charge in [0.15, 0.2) is 0 Å². The van der Waals surface area contributed by atoms with Gasteiger partial charge < -0.3 is 14.7 Å². The van der Waals surface area contributed by atoms with Crippen molar-refractivity contribution in [1.29, 1.82) is 0 Å². The first-order valence-corrected chi connectivity index (χ1v) is 20.0. The fourth-order valence-corrected chi connectivity index (χ4v) is 8.66. The van der Waals surface area contributed by atoms with Crippen LogP contribution in [0.5, 0.6) is 0 Å². The summed E-state index contributed by atoms with van der Waals surface area (Å²) in [7, 11) is 0. The molecule has 1 saturated carbocycles. The van der Waals surface area contributed by atoms with Gasteiger partial charge in [-0.15, -0.1) is 0 Å². The summed E-state index contributed by atoms with van der Waals surface area (Å²) in [6.45, 7) is 4.66. The van der Waals surface area contributed by atoms with Crippen molar-refractivity contribution in [1.82, 2.24) is 0 Å². The van der Waals surface area contributed by atoms with E-state index in [-0.39, 0.29) is 39.9 Å². The lowest BCUT2D eigenvalue weighted by Gasteiger charge is -2.42. The normalized spacial score (nSPS) is 21.7. The van der Waals surface area contributed by atoms with E-state index < -0.39 is 17.0 Å². The molecule has 4 atom stereocenters. The molecular formula is C43H49F3N6O6. The number of nitro groups is 3. The fraction of sp³-hybridized carbons (Fsp3) is 0.442. The standard InChI is InChI=1S/C16H16N2O2.C15H20N2O2.C12H13F3N2O2/c19-18(20)16-8-6-15(7-9-16)17-11-10-14(12-17)13-4-2-1-3-5-13;18-17(19)15-7-5-14(6-8-15)16-10-9-12-3-1-2-4-13(12)11-16;13-12(14,15)9-2-1-7-16(8-9)10-3-5-11(6-4-10)17(18)19/h1-9,14H,10-12H2;5-8,12-13H,1-4,9-11H2;3-6,9H,1-2,7-8H2/t;12-,13+;/m.1./s1. The maximum absolute atomic E-state index is 12.7. The minimum atomic E-state index is -4.18. The van der Waals surface area contributed by atoms with E-state index in [0.717, 1.165) is 55.8 Å². The second-order valence-corrected chi connectivity index (χ2v) is 15.5. The van der Waals surface area contributed by atoms with Gasteiger partial charge in [-0.25, -0.2) is 0 Å². The summed E-state index contributed by atoms with van der Waals surface area (Å²) < 4.78 is 38.1. The number of fused-ring (bicyclic) bond motifs is 1. The van der Waals surface area contributed by atoms with Crippen LogP contribution in [0.4, 0.5) is 47.3 Å². The Balaban J connectivity index is 0.000000147.